The van der Waals surface area contributed by atoms with Crippen LogP contribution in [0.1, 0.15) is 24.3 Å². The van der Waals surface area contributed by atoms with E-state index in [1.165, 1.54) is 4.70 Å². The number of aryl methyl sites for hydroxylation is 1. The molecule has 0 radical (unpaired) electrons. The van der Waals surface area contributed by atoms with Gasteiger partial charge >= 0.3 is 0 Å². The number of fused-ring (bicyclic) bond motifs is 1. The molecule has 2 aromatic rings. The molecule has 0 aliphatic carbocycles. The largest absolute Gasteiger partial charge is 0.341 e. The summed E-state index contributed by atoms with van der Waals surface area (Å²) in [6.45, 7) is 1.54. The summed E-state index contributed by atoms with van der Waals surface area (Å²) in [4.78, 5) is 18.5. The second-order valence-electron chi connectivity index (χ2n) is 5.32. The third-order valence-electron chi connectivity index (χ3n) is 3.70. The summed E-state index contributed by atoms with van der Waals surface area (Å²) in [5.74, 6) is 0.235. The number of nitrogens with zero attached hydrogens (tertiary/aromatic N) is 2. The number of rotatable bonds is 4. The molecule has 1 aliphatic heterocycles. The van der Waals surface area contributed by atoms with Crippen LogP contribution in [0.15, 0.2) is 24.3 Å². The molecule has 1 amide bonds. The fourth-order valence-electron chi connectivity index (χ4n) is 2.59. The molecule has 0 saturated carbocycles. The molecule has 5 heteroatoms. The summed E-state index contributed by atoms with van der Waals surface area (Å²) in [7, 11) is 0. The van der Waals surface area contributed by atoms with Crippen molar-refractivity contribution < 1.29 is 4.79 Å². The quantitative estimate of drug-likeness (QED) is 0.938. The van der Waals surface area contributed by atoms with Gasteiger partial charge in [0.25, 0.3) is 0 Å². The number of aromatic nitrogens is 1. The summed E-state index contributed by atoms with van der Waals surface area (Å²) in [5, 5.41) is 1.12. The molecule has 2 N–H and O–H groups in total. The smallest absolute Gasteiger partial charge is 0.222 e. The van der Waals surface area contributed by atoms with Crippen LogP contribution in [0.2, 0.25) is 0 Å². The van der Waals surface area contributed by atoms with Gasteiger partial charge in [0.2, 0.25) is 5.91 Å². The number of carbonyl (C=O) groups excluding carboxylic acids is 1. The molecule has 1 aromatic heterocycles. The van der Waals surface area contributed by atoms with Gasteiger partial charge in [0.15, 0.2) is 0 Å². The van der Waals surface area contributed by atoms with Gasteiger partial charge in [0.05, 0.1) is 15.2 Å². The molecule has 1 saturated heterocycles. The van der Waals surface area contributed by atoms with Gasteiger partial charge in [0, 0.05) is 25.6 Å². The van der Waals surface area contributed by atoms with E-state index in [4.69, 9.17) is 5.73 Å². The normalized spacial score (nSPS) is 18.9. The van der Waals surface area contributed by atoms with E-state index in [2.05, 4.69) is 11.1 Å². The molecule has 0 unspecified atom stereocenters. The highest BCUT2D eigenvalue weighted by Crippen LogP contribution is 2.23. The lowest BCUT2D eigenvalue weighted by Gasteiger charge is -2.15. The Hall–Kier alpha value is -1.46. The van der Waals surface area contributed by atoms with Gasteiger partial charge < -0.3 is 10.6 Å². The lowest BCUT2D eigenvalue weighted by Crippen LogP contribution is -2.31. The van der Waals surface area contributed by atoms with Crippen molar-refractivity contribution in [3.8, 4) is 0 Å². The van der Waals surface area contributed by atoms with Crippen LogP contribution in [0.5, 0.6) is 0 Å². The molecule has 1 fully saturated rings. The maximum atomic E-state index is 12.0. The Morgan fingerprint density at radius 2 is 2.30 bits per heavy atom. The van der Waals surface area contributed by atoms with Gasteiger partial charge in [-0.3, -0.25) is 4.79 Å². The van der Waals surface area contributed by atoms with Crippen molar-refractivity contribution in [2.45, 2.75) is 31.7 Å². The number of thiazole rings is 1. The maximum Gasteiger partial charge on any atom is 0.222 e. The van der Waals surface area contributed by atoms with Crippen LogP contribution in [0.3, 0.4) is 0 Å². The van der Waals surface area contributed by atoms with Gasteiger partial charge in [-0.05, 0) is 31.4 Å². The third kappa shape index (κ3) is 2.99. The number of hydrogen-bond donors (Lipinski definition) is 1. The molecule has 4 nitrogen and oxygen atoms in total. The van der Waals surface area contributed by atoms with Gasteiger partial charge in [-0.1, -0.05) is 12.1 Å². The molecule has 2 heterocycles. The zero-order chi connectivity index (χ0) is 13.9. The fraction of sp³-hybridized carbons (Fsp3) is 0.467. The van der Waals surface area contributed by atoms with Crippen molar-refractivity contribution in [3.05, 3.63) is 29.3 Å². The molecule has 106 valence electrons. The van der Waals surface area contributed by atoms with Crippen molar-refractivity contribution in [3.63, 3.8) is 0 Å². The predicted octanol–water partition coefficient (Wildman–Crippen LogP) is 2.18. The molecule has 1 aliphatic rings. The predicted molar refractivity (Wildman–Crippen MR) is 81.7 cm³/mol. The van der Waals surface area contributed by atoms with Crippen LogP contribution >= 0.6 is 11.3 Å². The Labute approximate surface area is 122 Å². The summed E-state index contributed by atoms with van der Waals surface area (Å²) >= 11 is 1.73. The van der Waals surface area contributed by atoms with Crippen LogP contribution in [-0.4, -0.2) is 34.9 Å². The van der Waals surface area contributed by atoms with Crippen LogP contribution < -0.4 is 5.73 Å². The Bertz CT molecular complexity index is 577. The monoisotopic (exact) mass is 289 g/mol. The van der Waals surface area contributed by atoms with Crippen molar-refractivity contribution in [1.82, 2.24) is 9.88 Å². The van der Waals surface area contributed by atoms with E-state index in [-0.39, 0.29) is 11.9 Å². The number of benzene rings is 1. The van der Waals surface area contributed by atoms with Crippen LogP contribution in [0.4, 0.5) is 0 Å². The zero-order valence-electron chi connectivity index (χ0n) is 11.4. The molecule has 1 atom stereocenters. The second kappa shape index (κ2) is 5.89. The average molecular weight is 289 g/mol. The average Bonchev–Trinajstić information content (AvgIpc) is 3.04. The topological polar surface area (TPSA) is 59.2 Å². The number of nitrogens with two attached hydrogens (primary N) is 1. The number of likely N-dealkylation sites (tertiary alicyclic amines) is 1. The van der Waals surface area contributed by atoms with Crippen LogP contribution in [0.25, 0.3) is 10.2 Å². The minimum absolute atomic E-state index is 0.170. The van der Waals surface area contributed by atoms with Crippen molar-refractivity contribution in [2.24, 2.45) is 5.73 Å². The highest BCUT2D eigenvalue weighted by molar-refractivity contribution is 7.18. The summed E-state index contributed by atoms with van der Waals surface area (Å²) < 4.78 is 1.22. The summed E-state index contributed by atoms with van der Waals surface area (Å²) in [6, 6.07) is 8.33. The van der Waals surface area contributed by atoms with E-state index in [0.717, 1.165) is 42.9 Å². The molecular weight excluding hydrogens is 270 g/mol. The maximum absolute atomic E-state index is 12.0. The van der Waals surface area contributed by atoms with Gasteiger partial charge in [-0.2, -0.15) is 0 Å². The molecular formula is C15H19N3OS. The first-order valence-corrected chi connectivity index (χ1v) is 7.92. The Balaban J connectivity index is 1.51. The van der Waals surface area contributed by atoms with E-state index in [0.29, 0.717) is 6.42 Å². The first kappa shape index (κ1) is 13.5. The summed E-state index contributed by atoms with van der Waals surface area (Å²) in [5.41, 5.74) is 6.88. The Morgan fingerprint density at radius 3 is 3.05 bits per heavy atom. The van der Waals surface area contributed by atoms with Gasteiger partial charge in [0.1, 0.15) is 0 Å². The van der Waals surface area contributed by atoms with E-state index >= 15 is 0 Å². The van der Waals surface area contributed by atoms with Gasteiger partial charge in [-0.25, -0.2) is 4.98 Å². The van der Waals surface area contributed by atoms with Gasteiger partial charge in [-0.15, -0.1) is 11.3 Å². The number of hydrogen-bond acceptors (Lipinski definition) is 4. The first-order chi connectivity index (χ1) is 9.72. The minimum Gasteiger partial charge on any atom is -0.341 e. The standard InChI is InChI=1S/C15H19N3OS/c16-11-8-9-18(10-11)15(19)7-3-6-14-17-12-4-1-2-5-13(12)20-14/h1-2,4-5,11H,3,6-10,16H2/t11-/m1/s1. The lowest BCUT2D eigenvalue weighted by atomic mass is 10.2. The highest BCUT2D eigenvalue weighted by atomic mass is 32.1. The zero-order valence-corrected chi connectivity index (χ0v) is 12.2. The molecule has 3 rings (SSSR count). The van der Waals surface area contributed by atoms with Crippen LogP contribution in [0, 0.1) is 0 Å². The number of para-hydroxylation sites is 1. The molecule has 1 aromatic carbocycles. The number of amides is 1. The molecule has 20 heavy (non-hydrogen) atoms. The lowest BCUT2D eigenvalue weighted by molar-refractivity contribution is -0.130. The van der Waals surface area contributed by atoms with Crippen molar-refractivity contribution in [1.29, 1.82) is 0 Å². The van der Waals surface area contributed by atoms with E-state index in [9.17, 15) is 4.79 Å². The van der Waals surface area contributed by atoms with Crippen molar-refractivity contribution in [2.75, 3.05) is 13.1 Å². The minimum atomic E-state index is 0.170. The second-order valence-corrected chi connectivity index (χ2v) is 6.43. The van der Waals surface area contributed by atoms with Crippen molar-refractivity contribution >= 4 is 27.5 Å². The summed E-state index contributed by atoms with van der Waals surface area (Å²) in [6.07, 6.45) is 3.28. The third-order valence-corrected chi connectivity index (χ3v) is 4.79. The Kier molecular flexibility index (Phi) is 3.98. The molecule has 0 spiro atoms. The van der Waals surface area contributed by atoms with E-state index < -0.39 is 0 Å². The van der Waals surface area contributed by atoms with E-state index in [1.807, 2.05) is 23.1 Å². The fourth-order valence-corrected chi connectivity index (χ4v) is 3.60. The Morgan fingerprint density at radius 1 is 1.45 bits per heavy atom. The van der Waals surface area contributed by atoms with Crippen LogP contribution in [-0.2, 0) is 11.2 Å². The first-order valence-electron chi connectivity index (χ1n) is 7.10. The van der Waals surface area contributed by atoms with E-state index in [1.54, 1.807) is 11.3 Å². The number of carbonyl (C=O) groups is 1. The highest BCUT2D eigenvalue weighted by Gasteiger charge is 2.22. The SMILES string of the molecule is N[C@@H]1CCN(C(=O)CCCc2nc3ccccc3s2)C1. The molecule has 0 bridgehead atoms.